The van der Waals surface area contributed by atoms with E-state index in [4.69, 9.17) is 17.2 Å². The average molecular weight is 574 g/mol. The molecule has 0 bridgehead atoms. The molecular weight excluding hydrogens is 534 g/mol. The Morgan fingerprint density at radius 1 is 0.878 bits per heavy atom. The van der Waals surface area contributed by atoms with Crippen LogP contribution in [0.3, 0.4) is 0 Å². The van der Waals surface area contributed by atoms with Gasteiger partial charge in [-0.1, -0.05) is 38.5 Å². The second-order valence-electron chi connectivity index (χ2n) is 10.0. The number of primary amides is 2. The second kappa shape index (κ2) is 15.4. The average Bonchev–Trinajstić information content (AvgIpc) is 3.33. The van der Waals surface area contributed by atoms with Gasteiger partial charge in [0.05, 0.1) is 6.04 Å². The van der Waals surface area contributed by atoms with Crippen molar-refractivity contribution in [1.29, 1.82) is 0 Å². The van der Waals surface area contributed by atoms with Crippen LogP contribution in [-0.4, -0.2) is 69.8 Å². The van der Waals surface area contributed by atoms with E-state index in [0.717, 1.165) is 10.9 Å². The van der Waals surface area contributed by atoms with E-state index in [1.165, 1.54) is 0 Å². The fraction of sp³-hybridized carbons (Fsp3) is 0.481. The van der Waals surface area contributed by atoms with Crippen LogP contribution in [0.5, 0.6) is 0 Å². The number of aromatic nitrogens is 1. The van der Waals surface area contributed by atoms with Crippen molar-refractivity contribution in [2.24, 2.45) is 23.1 Å². The number of aliphatic carboxylic acids is 1. The van der Waals surface area contributed by atoms with Crippen molar-refractivity contribution in [3.63, 3.8) is 0 Å². The minimum absolute atomic E-state index is 0.0109. The van der Waals surface area contributed by atoms with E-state index in [0.29, 0.717) is 12.0 Å². The molecule has 1 aromatic heterocycles. The standard InChI is InChI=1S/C27H39N7O7/c1-3-14(2)23(27(40)41)34-26(39)20(12-15-13-31-18-7-5-4-6-16(15)18)33-25(38)19(9-11-22(30)36)32-24(37)17(28)8-10-21(29)35/h4-7,13-14,17,19-20,23,31H,3,8-12,28H2,1-2H3,(H2,29,35)(H2,30,36)(H,32,37)(H,33,38)(H,34,39)(H,40,41). The minimum Gasteiger partial charge on any atom is -0.480 e. The first-order valence-corrected chi connectivity index (χ1v) is 13.3. The van der Waals surface area contributed by atoms with Crippen LogP contribution in [0.15, 0.2) is 30.5 Å². The molecule has 0 saturated heterocycles. The number of hydrogen-bond donors (Lipinski definition) is 8. The van der Waals surface area contributed by atoms with Gasteiger partial charge in [-0.3, -0.25) is 24.0 Å². The summed E-state index contributed by atoms with van der Waals surface area (Å²) in [5.41, 5.74) is 17.7. The maximum atomic E-state index is 13.4. The van der Waals surface area contributed by atoms with Gasteiger partial charge in [-0.15, -0.1) is 0 Å². The number of carboxylic acids is 1. The molecule has 5 unspecified atom stereocenters. The first-order chi connectivity index (χ1) is 19.3. The molecule has 0 spiro atoms. The van der Waals surface area contributed by atoms with Gasteiger partial charge in [0.1, 0.15) is 18.1 Å². The van der Waals surface area contributed by atoms with Crippen molar-refractivity contribution in [3.8, 4) is 0 Å². The Kier molecular flexibility index (Phi) is 12.3. The molecule has 5 atom stereocenters. The lowest BCUT2D eigenvalue weighted by Gasteiger charge is -2.26. The first kappa shape index (κ1) is 32.8. The van der Waals surface area contributed by atoms with Gasteiger partial charge in [-0.25, -0.2) is 4.79 Å². The third kappa shape index (κ3) is 9.90. The Labute approximate surface area is 237 Å². The number of fused-ring (bicyclic) bond motifs is 1. The molecule has 5 amide bonds. The molecule has 0 radical (unpaired) electrons. The number of benzene rings is 1. The molecule has 0 fully saturated rings. The zero-order chi connectivity index (χ0) is 30.7. The van der Waals surface area contributed by atoms with E-state index in [-0.39, 0.29) is 32.1 Å². The number of nitrogens with two attached hydrogens (primary N) is 3. The second-order valence-corrected chi connectivity index (χ2v) is 10.0. The normalized spacial score (nSPS) is 14.7. The number of H-pyrrole nitrogens is 1. The molecule has 0 aliphatic carbocycles. The summed E-state index contributed by atoms with van der Waals surface area (Å²) in [4.78, 5) is 76.9. The van der Waals surface area contributed by atoms with E-state index in [1.807, 2.05) is 24.3 Å². The molecule has 0 aliphatic rings. The van der Waals surface area contributed by atoms with Gasteiger partial charge in [-0.05, 0) is 30.4 Å². The quantitative estimate of drug-likeness (QED) is 0.118. The summed E-state index contributed by atoms with van der Waals surface area (Å²) in [6, 6.07) is 2.40. The number of aromatic amines is 1. The van der Waals surface area contributed by atoms with Crippen LogP contribution in [0.4, 0.5) is 0 Å². The van der Waals surface area contributed by atoms with Gasteiger partial charge in [0.2, 0.25) is 29.5 Å². The molecule has 11 N–H and O–H groups in total. The van der Waals surface area contributed by atoms with Crippen molar-refractivity contribution in [3.05, 3.63) is 36.0 Å². The minimum atomic E-state index is -1.31. The van der Waals surface area contributed by atoms with Crippen LogP contribution >= 0.6 is 0 Å². The Hall–Kier alpha value is -4.46. The summed E-state index contributed by atoms with van der Waals surface area (Å²) in [5.74, 6) is -5.31. The molecule has 14 heteroatoms. The fourth-order valence-electron chi connectivity index (χ4n) is 4.20. The molecule has 2 aromatic rings. The van der Waals surface area contributed by atoms with Crippen LogP contribution in [-0.2, 0) is 35.2 Å². The predicted molar refractivity (Wildman–Crippen MR) is 150 cm³/mol. The lowest BCUT2D eigenvalue weighted by atomic mass is 9.97. The van der Waals surface area contributed by atoms with Gasteiger partial charge in [0, 0.05) is 36.4 Å². The molecule has 14 nitrogen and oxygen atoms in total. The maximum Gasteiger partial charge on any atom is 0.326 e. The molecule has 0 aliphatic heterocycles. The van der Waals surface area contributed by atoms with E-state index in [1.54, 1.807) is 20.0 Å². The lowest BCUT2D eigenvalue weighted by Crippen LogP contribution is -2.58. The maximum absolute atomic E-state index is 13.4. The number of carbonyl (C=O) groups excluding carboxylic acids is 5. The van der Waals surface area contributed by atoms with E-state index in [2.05, 4.69) is 20.9 Å². The summed E-state index contributed by atoms with van der Waals surface area (Å²) < 4.78 is 0. The van der Waals surface area contributed by atoms with Gasteiger partial charge >= 0.3 is 5.97 Å². The highest BCUT2D eigenvalue weighted by Crippen LogP contribution is 2.20. The molecule has 2 rings (SSSR count). The van der Waals surface area contributed by atoms with Crippen molar-refractivity contribution in [2.75, 3.05) is 0 Å². The number of rotatable bonds is 17. The molecule has 224 valence electrons. The van der Waals surface area contributed by atoms with Crippen molar-refractivity contribution < 1.29 is 33.9 Å². The van der Waals surface area contributed by atoms with Crippen LogP contribution in [0.1, 0.15) is 51.5 Å². The Bertz CT molecular complexity index is 1260. The lowest BCUT2D eigenvalue weighted by molar-refractivity contribution is -0.143. The molecular formula is C27H39N7O7. The molecule has 1 aromatic carbocycles. The first-order valence-electron chi connectivity index (χ1n) is 13.3. The fourth-order valence-corrected chi connectivity index (χ4v) is 4.20. The van der Waals surface area contributed by atoms with Crippen molar-refractivity contribution in [2.45, 2.75) is 76.5 Å². The van der Waals surface area contributed by atoms with E-state index >= 15 is 0 Å². The Morgan fingerprint density at radius 2 is 1.46 bits per heavy atom. The monoisotopic (exact) mass is 573 g/mol. The summed E-state index contributed by atoms with van der Waals surface area (Å²) in [6.45, 7) is 3.47. The highest BCUT2D eigenvalue weighted by atomic mass is 16.4. The van der Waals surface area contributed by atoms with E-state index in [9.17, 15) is 33.9 Å². The smallest absolute Gasteiger partial charge is 0.326 e. The topological polar surface area (TPSA) is 253 Å². The zero-order valence-electron chi connectivity index (χ0n) is 23.1. The number of para-hydroxylation sites is 1. The molecule has 0 saturated carbocycles. The van der Waals surface area contributed by atoms with Gasteiger partial charge in [0.25, 0.3) is 0 Å². The van der Waals surface area contributed by atoms with Gasteiger partial charge in [-0.2, -0.15) is 0 Å². The third-order valence-corrected chi connectivity index (χ3v) is 6.86. The number of carbonyl (C=O) groups is 6. The highest BCUT2D eigenvalue weighted by molar-refractivity contribution is 5.95. The van der Waals surface area contributed by atoms with Crippen LogP contribution in [0.25, 0.3) is 10.9 Å². The number of hydrogen-bond acceptors (Lipinski definition) is 7. The SMILES string of the molecule is CCC(C)C(NC(=O)C(Cc1c[nH]c2ccccc12)NC(=O)C(CCC(N)=O)NC(=O)C(N)CCC(N)=O)C(=O)O. The zero-order valence-corrected chi connectivity index (χ0v) is 23.1. The van der Waals surface area contributed by atoms with Crippen molar-refractivity contribution >= 4 is 46.4 Å². The summed E-state index contributed by atoms with van der Waals surface area (Å²) in [6.07, 6.45) is 1.48. The van der Waals surface area contributed by atoms with Crippen LogP contribution < -0.4 is 33.2 Å². The van der Waals surface area contributed by atoms with Gasteiger partial charge in [0.15, 0.2) is 0 Å². The summed E-state index contributed by atoms with van der Waals surface area (Å²) in [5, 5.41) is 18.1. The molecule has 41 heavy (non-hydrogen) atoms. The number of nitrogens with one attached hydrogen (secondary N) is 4. The largest absolute Gasteiger partial charge is 0.480 e. The van der Waals surface area contributed by atoms with E-state index < -0.39 is 65.6 Å². The van der Waals surface area contributed by atoms with Gasteiger partial charge < -0.3 is 43.2 Å². The Balaban J connectivity index is 2.33. The summed E-state index contributed by atoms with van der Waals surface area (Å²) in [7, 11) is 0. The number of amides is 5. The Morgan fingerprint density at radius 3 is 2.07 bits per heavy atom. The third-order valence-electron chi connectivity index (χ3n) is 6.86. The van der Waals surface area contributed by atoms with Crippen LogP contribution in [0, 0.1) is 5.92 Å². The highest BCUT2D eigenvalue weighted by Gasteiger charge is 2.32. The van der Waals surface area contributed by atoms with Crippen molar-refractivity contribution in [1.82, 2.24) is 20.9 Å². The predicted octanol–water partition coefficient (Wildman–Crippen LogP) is -0.846. The van der Waals surface area contributed by atoms with Crippen LogP contribution in [0.2, 0.25) is 0 Å². The number of carboxylic acid groups (broad SMARTS) is 1. The summed E-state index contributed by atoms with van der Waals surface area (Å²) >= 11 is 0. The molecule has 1 heterocycles.